The molecule has 0 atom stereocenters. The van der Waals surface area contributed by atoms with Gasteiger partial charge in [0.05, 0.1) is 23.3 Å². The molecule has 0 amide bonds. The van der Waals surface area contributed by atoms with Gasteiger partial charge >= 0.3 is 0 Å². The average molecular weight is 330 g/mol. The fraction of sp³-hybridized carbons (Fsp3) is 0.304. The lowest BCUT2D eigenvalue weighted by molar-refractivity contribution is 0.817. The summed E-state index contributed by atoms with van der Waals surface area (Å²) in [6.07, 6.45) is 1.92. The van der Waals surface area contributed by atoms with Crippen molar-refractivity contribution in [2.75, 3.05) is 0 Å². The Labute approximate surface area is 151 Å². The van der Waals surface area contributed by atoms with Crippen LogP contribution in [0.2, 0.25) is 0 Å². The van der Waals surface area contributed by atoms with Gasteiger partial charge in [0.15, 0.2) is 0 Å². The van der Waals surface area contributed by atoms with Gasteiger partial charge < -0.3 is 0 Å². The van der Waals surface area contributed by atoms with Crippen LogP contribution >= 0.6 is 0 Å². The van der Waals surface area contributed by atoms with Gasteiger partial charge in [-0.1, -0.05) is 48.7 Å². The highest BCUT2D eigenvalue weighted by atomic mass is 14.8. The summed E-state index contributed by atoms with van der Waals surface area (Å²) in [5.41, 5.74) is 10.3. The van der Waals surface area contributed by atoms with Crippen LogP contribution in [0.3, 0.4) is 0 Å². The first-order valence-electron chi connectivity index (χ1n) is 8.88. The Morgan fingerprint density at radius 1 is 0.800 bits per heavy atom. The Morgan fingerprint density at radius 3 is 2.12 bits per heavy atom. The second kappa shape index (κ2) is 6.79. The first kappa shape index (κ1) is 17.3. The molecule has 0 aliphatic rings. The summed E-state index contributed by atoms with van der Waals surface area (Å²) in [5, 5.41) is 0. The molecular weight excluding hydrogens is 304 g/mol. The van der Waals surface area contributed by atoms with Gasteiger partial charge in [-0.3, -0.25) is 4.98 Å². The molecule has 2 aromatic carbocycles. The summed E-state index contributed by atoms with van der Waals surface area (Å²) < 4.78 is 0. The van der Waals surface area contributed by atoms with Gasteiger partial charge in [0.1, 0.15) is 0 Å². The first-order chi connectivity index (χ1) is 11.8. The van der Waals surface area contributed by atoms with Gasteiger partial charge in [-0.15, -0.1) is 0 Å². The fourth-order valence-electron chi connectivity index (χ4n) is 3.28. The van der Waals surface area contributed by atoms with E-state index in [9.17, 15) is 0 Å². The Morgan fingerprint density at radius 2 is 1.48 bits per heavy atom. The summed E-state index contributed by atoms with van der Waals surface area (Å²) >= 11 is 0. The Hall–Kier alpha value is -2.48. The van der Waals surface area contributed by atoms with E-state index < -0.39 is 0 Å². The van der Waals surface area contributed by atoms with Crippen molar-refractivity contribution in [2.45, 2.75) is 47.5 Å². The third-order valence-corrected chi connectivity index (χ3v) is 4.51. The van der Waals surface area contributed by atoms with E-state index in [0.29, 0.717) is 5.92 Å². The Kier molecular flexibility index (Phi) is 4.71. The monoisotopic (exact) mass is 330 g/mol. The van der Waals surface area contributed by atoms with Crippen LogP contribution in [0.5, 0.6) is 0 Å². The van der Waals surface area contributed by atoms with E-state index in [2.05, 4.69) is 77.9 Å². The zero-order valence-corrected chi connectivity index (χ0v) is 16.0. The molecule has 0 aliphatic carbocycles. The molecule has 0 N–H and O–H groups in total. The van der Waals surface area contributed by atoms with Crippen molar-refractivity contribution in [1.29, 1.82) is 0 Å². The smallest absolute Gasteiger partial charge is 0.0920 e. The molecule has 1 aromatic heterocycles. The molecule has 0 saturated carbocycles. The minimum Gasteiger partial charge on any atom is -0.252 e. The van der Waals surface area contributed by atoms with Gasteiger partial charge in [0, 0.05) is 11.1 Å². The standard InChI is InChI=1S/C23H26N2/c1-14(2)22-23(19-10-16(4)9-17(5)11-19)24-13-21(25-22)20-12-15(3)7-8-18(20)6/h7-14H,1-6H3. The van der Waals surface area contributed by atoms with E-state index >= 15 is 0 Å². The molecule has 3 rings (SSSR count). The van der Waals surface area contributed by atoms with Gasteiger partial charge in [0.2, 0.25) is 0 Å². The molecule has 0 saturated heterocycles. The molecule has 0 aliphatic heterocycles. The Balaban J connectivity index is 2.18. The molecule has 25 heavy (non-hydrogen) atoms. The highest BCUT2D eigenvalue weighted by Gasteiger charge is 2.15. The van der Waals surface area contributed by atoms with Crippen molar-refractivity contribution < 1.29 is 0 Å². The van der Waals surface area contributed by atoms with Crippen molar-refractivity contribution in [1.82, 2.24) is 9.97 Å². The van der Waals surface area contributed by atoms with Crippen LogP contribution in [0.25, 0.3) is 22.5 Å². The van der Waals surface area contributed by atoms with Crippen LogP contribution in [0.15, 0.2) is 42.6 Å². The van der Waals surface area contributed by atoms with Gasteiger partial charge in [-0.05, 0) is 57.4 Å². The Bertz CT molecular complexity index is 903. The van der Waals surface area contributed by atoms with Crippen molar-refractivity contribution >= 4 is 0 Å². The molecule has 0 spiro atoms. The summed E-state index contributed by atoms with van der Waals surface area (Å²) in [7, 11) is 0. The predicted molar refractivity (Wildman–Crippen MR) is 106 cm³/mol. The quantitative estimate of drug-likeness (QED) is 0.574. The first-order valence-corrected chi connectivity index (χ1v) is 8.88. The zero-order valence-electron chi connectivity index (χ0n) is 16.0. The number of benzene rings is 2. The van der Waals surface area contributed by atoms with Gasteiger partial charge in [0.25, 0.3) is 0 Å². The van der Waals surface area contributed by atoms with Gasteiger partial charge in [-0.25, -0.2) is 4.98 Å². The van der Waals surface area contributed by atoms with E-state index in [1.165, 1.54) is 27.8 Å². The van der Waals surface area contributed by atoms with Crippen LogP contribution in [-0.4, -0.2) is 9.97 Å². The maximum Gasteiger partial charge on any atom is 0.0920 e. The summed E-state index contributed by atoms with van der Waals surface area (Å²) in [6.45, 7) is 12.9. The number of aromatic nitrogens is 2. The fourth-order valence-corrected chi connectivity index (χ4v) is 3.28. The van der Waals surface area contributed by atoms with Crippen LogP contribution in [-0.2, 0) is 0 Å². The minimum atomic E-state index is 0.313. The van der Waals surface area contributed by atoms with Crippen molar-refractivity contribution in [3.05, 3.63) is 70.5 Å². The highest BCUT2D eigenvalue weighted by molar-refractivity contribution is 5.69. The van der Waals surface area contributed by atoms with Crippen molar-refractivity contribution in [3.63, 3.8) is 0 Å². The lowest BCUT2D eigenvalue weighted by atomic mass is 9.98. The molecule has 0 unspecified atom stereocenters. The van der Waals surface area contributed by atoms with E-state index in [1.54, 1.807) is 0 Å². The van der Waals surface area contributed by atoms with E-state index in [-0.39, 0.29) is 0 Å². The maximum absolute atomic E-state index is 5.02. The number of hydrogen-bond donors (Lipinski definition) is 0. The van der Waals surface area contributed by atoms with Crippen molar-refractivity contribution in [3.8, 4) is 22.5 Å². The molecule has 2 nitrogen and oxygen atoms in total. The van der Waals surface area contributed by atoms with Crippen molar-refractivity contribution in [2.24, 2.45) is 0 Å². The van der Waals surface area contributed by atoms with E-state index in [4.69, 9.17) is 9.97 Å². The minimum absolute atomic E-state index is 0.313. The van der Waals surface area contributed by atoms with Crippen LogP contribution < -0.4 is 0 Å². The number of hydrogen-bond acceptors (Lipinski definition) is 2. The summed E-state index contributed by atoms with van der Waals surface area (Å²) in [4.78, 5) is 9.85. The normalized spacial score (nSPS) is 11.2. The lowest BCUT2D eigenvalue weighted by Gasteiger charge is -2.15. The van der Waals surface area contributed by atoms with Gasteiger partial charge in [-0.2, -0.15) is 0 Å². The van der Waals surface area contributed by atoms with E-state index in [0.717, 1.165) is 22.6 Å². The predicted octanol–water partition coefficient (Wildman–Crippen LogP) is 6.17. The second-order valence-electron chi connectivity index (χ2n) is 7.34. The second-order valence-corrected chi connectivity index (χ2v) is 7.34. The lowest BCUT2D eigenvalue weighted by Crippen LogP contribution is -2.02. The maximum atomic E-state index is 5.02. The van der Waals surface area contributed by atoms with Crippen LogP contribution in [0.4, 0.5) is 0 Å². The summed E-state index contributed by atoms with van der Waals surface area (Å²) in [6, 6.07) is 13.1. The third kappa shape index (κ3) is 3.63. The molecule has 0 radical (unpaired) electrons. The third-order valence-electron chi connectivity index (χ3n) is 4.51. The van der Waals surface area contributed by atoms with E-state index in [1.807, 2.05) is 6.20 Å². The SMILES string of the molecule is Cc1cc(C)cc(-c2ncc(-c3cc(C)ccc3C)nc2C(C)C)c1. The molecule has 0 fully saturated rings. The molecule has 2 heteroatoms. The molecular formula is C23H26N2. The topological polar surface area (TPSA) is 25.8 Å². The number of aryl methyl sites for hydroxylation is 4. The molecule has 1 heterocycles. The number of nitrogens with zero attached hydrogens (tertiary/aromatic N) is 2. The largest absolute Gasteiger partial charge is 0.252 e. The number of rotatable bonds is 3. The highest BCUT2D eigenvalue weighted by Crippen LogP contribution is 2.31. The average Bonchev–Trinajstić information content (AvgIpc) is 2.55. The molecule has 3 aromatic rings. The summed E-state index contributed by atoms with van der Waals surface area (Å²) in [5.74, 6) is 0.313. The molecule has 0 bridgehead atoms. The zero-order chi connectivity index (χ0) is 18.1. The molecule has 128 valence electrons. The van der Waals surface area contributed by atoms with Crippen LogP contribution in [0.1, 0.15) is 47.7 Å². The van der Waals surface area contributed by atoms with Crippen LogP contribution in [0, 0.1) is 27.7 Å².